The van der Waals surface area contributed by atoms with Gasteiger partial charge in [0.25, 0.3) is 0 Å². The Balaban J connectivity index is 1.61. The molecule has 0 radical (unpaired) electrons. The van der Waals surface area contributed by atoms with Crippen molar-refractivity contribution in [1.29, 1.82) is 0 Å². The molecule has 0 aliphatic carbocycles. The van der Waals surface area contributed by atoms with Gasteiger partial charge in [-0.15, -0.1) is 16.4 Å². The molecule has 1 N–H and O–H groups in total. The number of anilines is 1. The molecule has 6 nitrogen and oxygen atoms in total. The maximum atomic E-state index is 12.1. The molecule has 3 aromatic rings. The summed E-state index contributed by atoms with van der Waals surface area (Å²) >= 11 is 1.73. The second kappa shape index (κ2) is 7.15. The van der Waals surface area contributed by atoms with Crippen molar-refractivity contribution < 1.29 is 4.79 Å². The third kappa shape index (κ3) is 3.81. The number of thiophene rings is 1. The quantitative estimate of drug-likeness (QED) is 0.755. The van der Waals surface area contributed by atoms with Gasteiger partial charge in [0.15, 0.2) is 0 Å². The lowest BCUT2D eigenvalue weighted by atomic mass is 10.1. The van der Waals surface area contributed by atoms with Crippen LogP contribution in [0.2, 0.25) is 0 Å². The predicted molar refractivity (Wildman–Crippen MR) is 89.8 cm³/mol. The molecule has 1 amide bonds. The van der Waals surface area contributed by atoms with E-state index in [9.17, 15) is 4.79 Å². The number of benzene rings is 1. The van der Waals surface area contributed by atoms with E-state index in [0.29, 0.717) is 6.42 Å². The van der Waals surface area contributed by atoms with E-state index in [1.54, 1.807) is 16.0 Å². The highest BCUT2D eigenvalue weighted by atomic mass is 32.1. The first-order valence-electron chi connectivity index (χ1n) is 7.39. The van der Waals surface area contributed by atoms with Crippen LogP contribution in [0.3, 0.4) is 0 Å². The molecule has 0 aliphatic heterocycles. The van der Waals surface area contributed by atoms with E-state index in [2.05, 4.69) is 32.3 Å². The predicted octanol–water partition coefficient (Wildman–Crippen LogP) is 2.99. The fraction of sp³-hybridized carbons (Fsp3) is 0.250. The summed E-state index contributed by atoms with van der Waals surface area (Å²) in [5.74, 6) is 0.0264. The second-order valence-electron chi connectivity index (χ2n) is 5.19. The number of carbonyl (C=O) groups is 1. The number of nitrogens with zero attached hydrogens (tertiary/aromatic N) is 4. The molecule has 2 heterocycles. The first-order valence-corrected chi connectivity index (χ1v) is 8.27. The zero-order chi connectivity index (χ0) is 16.1. The minimum Gasteiger partial charge on any atom is -0.326 e. The number of tetrazole rings is 1. The summed E-state index contributed by atoms with van der Waals surface area (Å²) in [4.78, 5) is 13.5. The Bertz CT molecular complexity index is 768. The third-order valence-electron chi connectivity index (χ3n) is 3.58. The number of hydrogen-bond acceptors (Lipinski definition) is 5. The molecular weight excluding hydrogens is 310 g/mol. The van der Waals surface area contributed by atoms with Crippen molar-refractivity contribution in [1.82, 2.24) is 20.2 Å². The van der Waals surface area contributed by atoms with Gasteiger partial charge in [-0.2, -0.15) is 0 Å². The first kappa shape index (κ1) is 15.4. The number of aryl methyl sites for hydroxylation is 1. The van der Waals surface area contributed by atoms with Crippen molar-refractivity contribution in [3.63, 3.8) is 0 Å². The summed E-state index contributed by atoms with van der Waals surface area (Å²) < 4.78 is 1.59. The van der Waals surface area contributed by atoms with Crippen LogP contribution in [0.5, 0.6) is 0 Å². The molecule has 0 atom stereocenters. The molecule has 0 aliphatic rings. The second-order valence-corrected chi connectivity index (χ2v) is 6.22. The van der Waals surface area contributed by atoms with Gasteiger partial charge in [0.2, 0.25) is 5.91 Å². The Morgan fingerprint density at radius 3 is 2.96 bits per heavy atom. The lowest BCUT2D eigenvalue weighted by molar-refractivity contribution is -0.116. The zero-order valence-electron chi connectivity index (χ0n) is 12.8. The molecule has 0 unspecified atom stereocenters. The Morgan fingerprint density at radius 2 is 2.22 bits per heavy atom. The van der Waals surface area contributed by atoms with E-state index in [0.717, 1.165) is 29.8 Å². The van der Waals surface area contributed by atoms with Gasteiger partial charge in [0, 0.05) is 17.0 Å². The molecule has 0 bridgehead atoms. The van der Waals surface area contributed by atoms with Crippen LogP contribution in [0.15, 0.2) is 42.0 Å². The summed E-state index contributed by atoms with van der Waals surface area (Å²) in [7, 11) is 0. The summed E-state index contributed by atoms with van der Waals surface area (Å²) in [6, 6.07) is 9.82. The van der Waals surface area contributed by atoms with Gasteiger partial charge in [0.05, 0.1) is 5.69 Å². The maximum absolute atomic E-state index is 12.1. The number of rotatable bonds is 6. The highest BCUT2D eigenvalue weighted by Crippen LogP contribution is 2.22. The van der Waals surface area contributed by atoms with Crippen molar-refractivity contribution in [2.24, 2.45) is 0 Å². The fourth-order valence-electron chi connectivity index (χ4n) is 2.37. The Morgan fingerprint density at radius 1 is 1.30 bits per heavy atom. The SMILES string of the molecule is Cc1c(NC(=O)CCCc2cccs2)cccc1-n1cnnn1. The summed E-state index contributed by atoms with van der Waals surface area (Å²) in [5, 5.41) is 16.2. The summed E-state index contributed by atoms with van der Waals surface area (Å²) in [5.41, 5.74) is 2.58. The number of amides is 1. The van der Waals surface area contributed by atoms with Gasteiger partial charge in [-0.1, -0.05) is 12.1 Å². The lowest BCUT2D eigenvalue weighted by Gasteiger charge is -2.11. The molecular formula is C16H17N5OS. The van der Waals surface area contributed by atoms with Gasteiger partial charge < -0.3 is 5.32 Å². The average Bonchev–Trinajstić information content (AvgIpc) is 3.22. The maximum Gasteiger partial charge on any atom is 0.224 e. The molecule has 0 saturated heterocycles. The van der Waals surface area contributed by atoms with Gasteiger partial charge in [0.1, 0.15) is 6.33 Å². The van der Waals surface area contributed by atoms with Crippen LogP contribution in [0.25, 0.3) is 5.69 Å². The van der Waals surface area contributed by atoms with Crippen molar-refractivity contribution in [3.8, 4) is 5.69 Å². The number of nitrogens with one attached hydrogen (secondary N) is 1. The molecule has 0 spiro atoms. The molecule has 1 aromatic carbocycles. The topological polar surface area (TPSA) is 72.7 Å². The monoisotopic (exact) mass is 327 g/mol. The fourth-order valence-corrected chi connectivity index (χ4v) is 3.12. The minimum absolute atomic E-state index is 0.0264. The van der Waals surface area contributed by atoms with E-state index >= 15 is 0 Å². The van der Waals surface area contributed by atoms with Crippen molar-refractivity contribution in [2.75, 3.05) is 5.32 Å². The van der Waals surface area contributed by atoms with Crippen LogP contribution in [0, 0.1) is 6.92 Å². The van der Waals surface area contributed by atoms with E-state index in [4.69, 9.17) is 0 Å². The summed E-state index contributed by atoms with van der Waals surface area (Å²) in [6.07, 6.45) is 3.83. The van der Waals surface area contributed by atoms with Gasteiger partial charge >= 0.3 is 0 Å². The minimum atomic E-state index is 0.0264. The largest absolute Gasteiger partial charge is 0.326 e. The average molecular weight is 327 g/mol. The van der Waals surface area contributed by atoms with E-state index in [1.807, 2.05) is 31.2 Å². The van der Waals surface area contributed by atoms with Gasteiger partial charge in [-0.05, 0) is 59.3 Å². The Hall–Kier alpha value is -2.54. The zero-order valence-corrected chi connectivity index (χ0v) is 13.6. The molecule has 23 heavy (non-hydrogen) atoms. The Kier molecular flexibility index (Phi) is 4.77. The van der Waals surface area contributed by atoms with Crippen molar-refractivity contribution in [2.45, 2.75) is 26.2 Å². The molecule has 0 fully saturated rings. The Labute approximate surface area is 138 Å². The van der Waals surface area contributed by atoms with Crippen LogP contribution in [0.4, 0.5) is 5.69 Å². The lowest BCUT2D eigenvalue weighted by Crippen LogP contribution is -2.13. The number of hydrogen-bond donors (Lipinski definition) is 1. The van der Waals surface area contributed by atoms with E-state index < -0.39 is 0 Å². The molecule has 2 aromatic heterocycles. The van der Waals surface area contributed by atoms with Crippen molar-refractivity contribution in [3.05, 3.63) is 52.5 Å². The van der Waals surface area contributed by atoms with Crippen molar-refractivity contribution >= 4 is 22.9 Å². The van der Waals surface area contributed by atoms with E-state index in [-0.39, 0.29) is 5.91 Å². The smallest absolute Gasteiger partial charge is 0.224 e. The normalized spacial score (nSPS) is 10.7. The molecule has 7 heteroatoms. The summed E-state index contributed by atoms with van der Waals surface area (Å²) in [6.45, 7) is 1.94. The van der Waals surface area contributed by atoms with Crippen LogP contribution < -0.4 is 5.32 Å². The number of aromatic nitrogens is 4. The van der Waals surface area contributed by atoms with Crippen LogP contribution in [-0.4, -0.2) is 26.1 Å². The molecule has 3 rings (SSSR count). The molecule has 118 valence electrons. The third-order valence-corrected chi connectivity index (χ3v) is 4.52. The van der Waals surface area contributed by atoms with Gasteiger partial charge in [-0.3, -0.25) is 4.79 Å². The van der Waals surface area contributed by atoms with Crippen LogP contribution >= 0.6 is 11.3 Å². The molecule has 0 saturated carbocycles. The van der Waals surface area contributed by atoms with Gasteiger partial charge in [-0.25, -0.2) is 4.68 Å². The number of carbonyl (C=O) groups excluding carboxylic acids is 1. The highest BCUT2D eigenvalue weighted by molar-refractivity contribution is 7.09. The first-order chi connectivity index (χ1) is 11.2. The van der Waals surface area contributed by atoms with Crippen LogP contribution in [0.1, 0.15) is 23.3 Å². The highest BCUT2D eigenvalue weighted by Gasteiger charge is 2.09. The standard InChI is InChI=1S/C16H17N5OS/c1-12-14(7-3-8-15(12)21-11-17-19-20-21)18-16(22)9-2-5-13-6-4-10-23-13/h3-4,6-8,10-11H,2,5,9H2,1H3,(H,18,22). The van der Waals surface area contributed by atoms with Crippen LogP contribution in [-0.2, 0) is 11.2 Å². The van der Waals surface area contributed by atoms with E-state index in [1.165, 1.54) is 11.2 Å².